The lowest BCUT2D eigenvalue weighted by molar-refractivity contribution is 0.385. The summed E-state index contributed by atoms with van der Waals surface area (Å²) >= 11 is 7.47. The van der Waals surface area contributed by atoms with Crippen molar-refractivity contribution in [3.05, 3.63) is 69.8 Å². The molecule has 0 amide bonds. The fourth-order valence-corrected chi connectivity index (χ4v) is 3.40. The van der Waals surface area contributed by atoms with E-state index in [1.807, 2.05) is 41.8 Å². The van der Waals surface area contributed by atoms with Crippen LogP contribution in [0.3, 0.4) is 0 Å². The number of methoxy groups -OCH3 is 1. The number of thiazole rings is 1. The van der Waals surface area contributed by atoms with E-state index < -0.39 is 0 Å². The second-order valence-corrected chi connectivity index (χ2v) is 6.93. The minimum Gasteiger partial charge on any atom is -0.497 e. The summed E-state index contributed by atoms with van der Waals surface area (Å²) in [4.78, 5) is 9.10. The SMILES string of the molecule is COc1cccc(-c2csc(Cc3nc(-c4ccc(Cl)cc4)no3)n2)c1. The first-order valence-corrected chi connectivity index (χ1v) is 9.14. The van der Waals surface area contributed by atoms with Crippen LogP contribution in [0.2, 0.25) is 5.02 Å². The van der Waals surface area contributed by atoms with Crippen LogP contribution in [0.5, 0.6) is 5.75 Å². The molecule has 0 bridgehead atoms. The van der Waals surface area contributed by atoms with Gasteiger partial charge in [0.15, 0.2) is 0 Å². The van der Waals surface area contributed by atoms with Gasteiger partial charge in [-0.05, 0) is 36.4 Å². The fourth-order valence-electron chi connectivity index (χ4n) is 2.48. The van der Waals surface area contributed by atoms with Gasteiger partial charge in [-0.3, -0.25) is 0 Å². The summed E-state index contributed by atoms with van der Waals surface area (Å²) in [6, 6.07) is 15.2. The maximum absolute atomic E-state index is 5.90. The third-order valence-corrected chi connectivity index (χ3v) is 4.89. The van der Waals surface area contributed by atoms with Gasteiger partial charge in [0, 0.05) is 21.5 Å². The normalized spacial score (nSPS) is 10.8. The highest BCUT2D eigenvalue weighted by Gasteiger charge is 2.12. The molecule has 0 atom stereocenters. The van der Waals surface area contributed by atoms with Gasteiger partial charge in [0.1, 0.15) is 10.8 Å². The van der Waals surface area contributed by atoms with Crippen LogP contribution in [-0.4, -0.2) is 22.2 Å². The van der Waals surface area contributed by atoms with Gasteiger partial charge in [-0.15, -0.1) is 11.3 Å². The van der Waals surface area contributed by atoms with Crippen molar-refractivity contribution in [3.63, 3.8) is 0 Å². The number of nitrogens with zero attached hydrogens (tertiary/aromatic N) is 3. The Bertz CT molecular complexity index is 1030. The molecule has 0 saturated carbocycles. The number of rotatable bonds is 5. The Hall–Kier alpha value is -2.70. The first-order valence-electron chi connectivity index (χ1n) is 7.88. The topological polar surface area (TPSA) is 61.0 Å². The summed E-state index contributed by atoms with van der Waals surface area (Å²) < 4.78 is 10.6. The maximum Gasteiger partial charge on any atom is 0.233 e. The Labute approximate surface area is 159 Å². The van der Waals surface area contributed by atoms with Gasteiger partial charge in [0.05, 0.1) is 19.2 Å². The van der Waals surface area contributed by atoms with Crippen molar-refractivity contribution in [3.8, 4) is 28.4 Å². The predicted octanol–water partition coefficient (Wildman–Crippen LogP) is 5.11. The van der Waals surface area contributed by atoms with Crippen LogP contribution in [0.15, 0.2) is 58.4 Å². The van der Waals surface area contributed by atoms with Gasteiger partial charge in [-0.25, -0.2) is 4.98 Å². The van der Waals surface area contributed by atoms with Crippen LogP contribution in [0.1, 0.15) is 10.9 Å². The molecule has 0 aliphatic carbocycles. The van der Waals surface area contributed by atoms with E-state index in [1.54, 1.807) is 30.6 Å². The van der Waals surface area contributed by atoms with Crippen LogP contribution in [-0.2, 0) is 6.42 Å². The monoisotopic (exact) mass is 383 g/mol. The zero-order valence-electron chi connectivity index (χ0n) is 13.8. The average molecular weight is 384 g/mol. The lowest BCUT2D eigenvalue weighted by Crippen LogP contribution is -1.89. The van der Waals surface area contributed by atoms with Gasteiger partial charge in [0.2, 0.25) is 11.7 Å². The lowest BCUT2D eigenvalue weighted by atomic mass is 10.2. The van der Waals surface area contributed by atoms with Crippen molar-refractivity contribution in [2.75, 3.05) is 7.11 Å². The minimum atomic E-state index is 0.495. The maximum atomic E-state index is 5.90. The summed E-state index contributed by atoms with van der Waals surface area (Å²) in [6.45, 7) is 0. The molecule has 4 rings (SSSR count). The molecule has 0 unspecified atom stereocenters. The molecule has 2 aromatic carbocycles. The van der Waals surface area contributed by atoms with Crippen LogP contribution < -0.4 is 4.74 Å². The van der Waals surface area contributed by atoms with E-state index in [0.717, 1.165) is 27.6 Å². The molecule has 0 fully saturated rings. The van der Waals surface area contributed by atoms with E-state index >= 15 is 0 Å². The summed E-state index contributed by atoms with van der Waals surface area (Å²) in [7, 11) is 1.65. The van der Waals surface area contributed by atoms with Gasteiger partial charge in [-0.1, -0.05) is 28.9 Å². The molecular formula is C19H14ClN3O2S. The van der Waals surface area contributed by atoms with Crippen LogP contribution in [0, 0.1) is 0 Å². The highest BCUT2D eigenvalue weighted by atomic mass is 35.5. The van der Waals surface area contributed by atoms with Crippen LogP contribution in [0.25, 0.3) is 22.6 Å². The second-order valence-electron chi connectivity index (χ2n) is 5.55. The largest absolute Gasteiger partial charge is 0.497 e. The molecule has 26 heavy (non-hydrogen) atoms. The number of benzene rings is 2. The lowest BCUT2D eigenvalue weighted by Gasteiger charge is -2.01. The Balaban J connectivity index is 1.52. The number of aromatic nitrogens is 3. The van der Waals surface area contributed by atoms with Gasteiger partial charge in [-0.2, -0.15) is 4.98 Å². The third-order valence-electron chi connectivity index (χ3n) is 3.79. The van der Waals surface area contributed by atoms with Crippen LogP contribution in [0.4, 0.5) is 0 Å². The Morgan fingerprint density at radius 3 is 2.73 bits per heavy atom. The Kier molecular flexibility index (Phi) is 4.69. The van der Waals surface area contributed by atoms with E-state index in [9.17, 15) is 0 Å². The molecule has 0 saturated heterocycles. The standard InChI is InChI=1S/C19H14ClN3O2S/c1-24-15-4-2-3-13(9-15)16-11-26-18(21-16)10-17-22-19(23-25-17)12-5-7-14(20)8-6-12/h2-9,11H,10H2,1H3. The number of hydrogen-bond acceptors (Lipinski definition) is 6. The Morgan fingerprint density at radius 1 is 1.08 bits per heavy atom. The molecule has 0 spiro atoms. The van der Waals surface area contributed by atoms with E-state index in [2.05, 4.69) is 15.1 Å². The van der Waals surface area contributed by atoms with E-state index in [1.165, 1.54) is 0 Å². The van der Waals surface area contributed by atoms with Gasteiger partial charge in [0.25, 0.3) is 0 Å². The number of halogens is 1. The first kappa shape index (κ1) is 16.8. The summed E-state index contributed by atoms with van der Waals surface area (Å²) in [6.07, 6.45) is 0.495. The van der Waals surface area contributed by atoms with E-state index in [0.29, 0.717) is 23.2 Å². The highest BCUT2D eigenvalue weighted by Crippen LogP contribution is 2.26. The van der Waals surface area contributed by atoms with E-state index in [-0.39, 0.29) is 0 Å². The molecule has 2 aromatic heterocycles. The summed E-state index contributed by atoms with van der Waals surface area (Å²) in [5, 5.41) is 7.63. The quantitative estimate of drug-likeness (QED) is 0.479. The van der Waals surface area contributed by atoms with Crippen molar-refractivity contribution in [2.45, 2.75) is 6.42 Å². The summed E-state index contributed by atoms with van der Waals surface area (Å²) in [5.74, 6) is 1.88. The second kappa shape index (κ2) is 7.27. The number of ether oxygens (including phenoxy) is 1. The molecule has 2 heterocycles. The minimum absolute atomic E-state index is 0.495. The summed E-state index contributed by atoms with van der Waals surface area (Å²) in [5.41, 5.74) is 2.78. The van der Waals surface area contributed by atoms with Gasteiger partial charge >= 0.3 is 0 Å². The van der Waals surface area contributed by atoms with Crippen molar-refractivity contribution < 1.29 is 9.26 Å². The average Bonchev–Trinajstić information content (AvgIpc) is 3.33. The Morgan fingerprint density at radius 2 is 1.92 bits per heavy atom. The molecular weight excluding hydrogens is 370 g/mol. The highest BCUT2D eigenvalue weighted by molar-refractivity contribution is 7.10. The third kappa shape index (κ3) is 3.61. The first-order chi connectivity index (χ1) is 12.7. The molecule has 4 aromatic rings. The molecule has 0 radical (unpaired) electrons. The zero-order chi connectivity index (χ0) is 17.9. The van der Waals surface area contributed by atoms with Crippen molar-refractivity contribution >= 4 is 22.9 Å². The fraction of sp³-hybridized carbons (Fsp3) is 0.105. The molecule has 5 nitrogen and oxygen atoms in total. The van der Waals surface area contributed by atoms with E-state index in [4.69, 9.17) is 20.9 Å². The molecule has 0 aliphatic heterocycles. The number of hydrogen-bond donors (Lipinski definition) is 0. The molecule has 7 heteroatoms. The van der Waals surface area contributed by atoms with Crippen molar-refractivity contribution in [2.24, 2.45) is 0 Å². The van der Waals surface area contributed by atoms with Crippen LogP contribution >= 0.6 is 22.9 Å². The van der Waals surface area contributed by atoms with Gasteiger partial charge < -0.3 is 9.26 Å². The van der Waals surface area contributed by atoms with Crippen molar-refractivity contribution in [1.82, 2.24) is 15.1 Å². The molecule has 0 aliphatic rings. The smallest absolute Gasteiger partial charge is 0.233 e. The molecule has 0 N–H and O–H groups in total. The van der Waals surface area contributed by atoms with Crippen molar-refractivity contribution in [1.29, 1.82) is 0 Å². The molecule has 130 valence electrons. The predicted molar refractivity (Wildman–Crippen MR) is 102 cm³/mol. The zero-order valence-corrected chi connectivity index (χ0v) is 15.4.